The first kappa shape index (κ1) is 15.0. The zero-order chi connectivity index (χ0) is 12.1. The van der Waals surface area contributed by atoms with Gasteiger partial charge in [-0.15, -0.1) is 0 Å². The van der Waals surface area contributed by atoms with Crippen molar-refractivity contribution in [3.63, 3.8) is 0 Å². The fourth-order valence-electron chi connectivity index (χ4n) is 2.22. The molecule has 0 aliphatic rings. The lowest BCUT2D eigenvalue weighted by molar-refractivity contribution is -0.678. The topological polar surface area (TPSA) is 8.81 Å². The second-order valence-corrected chi connectivity index (χ2v) is 4.50. The van der Waals surface area contributed by atoms with Crippen molar-refractivity contribution in [1.82, 2.24) is 4.57 Å². The molecule has 0 atom stereocenters. The summed E-state index contributed by atoms with van der Waals surface area (Å²) in [5.74, 6) is 1.41. The summed E-state index contributed by atoms with van der Waals surface area (Å²) < 4.78 is 4.60. The summed E-state index contributed by atoms with van der Waals surface area (Å²) in [5.41, 5.74) is 1.41. The van der Waals surface area contributed by atoms with E-state index in [-0.39, 0.29) is 17.0 Å². The van der Waals surface area contributed by atoms with Crippen molar-refractivity contribution in [3.8, 4) is 0 Å². The van der Waals surface area contributed by atoms with Crippen LogP contribution in [0.15, 0.2) is 42.7 Å². The summed E-state index contributed by atoms with van der Waals surface area (Å²) in [6.45, 7) is 3.34. The van der Waals surface area contributed by atoms with Gasteiger partial charge in [-0.2, -0.15) is 0 Å². The van der Waals surface area contributed by atoms with E-state index in [4.69, 9.17) is 0 Å². The van der Waals surface area contributed by atoms with Crippen LogP contribution in [0.1, 0.15) is 24.7 Å². The Kier molecular flexibility index (Phi) is 6.13. The van der Waals surface area contributed by atoms with Crippen LogP contribution in [0, 0.1) is 0 Å². The van der Waals surface area contributed by atoms with E-state index in [1.165, 1.54) is 17.8 Å². The van der Waals surface area contributed by atoms with Crippen molar-refractivity contribution < 1.29 is 21.5 Å². The lowest BCUT2D eigenvalue weighted by Crippen LogP contribution is -3.00. The molecule has 0 unspecified atom stereocenters. The summed E-state index contributed by atoms with van der Waals surface area (Å²) in [5, 5.41) is 0. The summed E-state index contributed by atoms with van der Waals surface area (Å²) in [4.78, 5) is 0. The van der Waals surface area contributed by atoms with Gasteiger partial charge in [0.2, 0.25) is 0 Å². The van der Waals surface area contributed by atoms with Crippen LogP contribution in [0.2, 0.25) is 0 Å². The third-order valence-electron chi connectivity index (χ3n) is 3.15. The number of hydrogen-bond acceptors (Lipinski definition) is 0. The maximum absolute atomic E-state index is 2.36. The molecule has 2 rings (SSSR count). The minimum absolute atomic E-state index is 0. The molecule has 2 aromatic rings. The van der Waals surface area contributed by atoms with Crippen molar-refractivity contribution in [3.05, 3.63) is 54.1 Å². The molecule has 3 heteroatoms. The average Bonchev–Trinajstić information content (AvgIpc) is 2.70. The fraction of sp³-hybridized carbons (Fsp3) is 0.400. The van der Waals surface area contributed by atoms with Crippen molar-refractivity contribution in [2.75, 3.05) is 0 Å². The van der Waals surface area contributed by atoms with Crippen LogP contribution in [-0.4, -0.2) is 4.57 Å². The normalized spacial score (nSPS) is 10.1. The van der Waals surface area contributed by atoms with Gasteiger partial charge in [-0.3, -0.25) is 0 Å². The predicted molar refractivity (Wildman–Crippen MR) is 69.7 cm³/mol. The first-order valence-corrected chi connectivity index (χ1v) is 6.39. The Morgan fingerprint density at radius 2 is 1.83 bits per heavy atom. The van der Waals surface area contributed by atoms with E-state index in [9.17, 15) is 0 Å². The molecule has 0 fully saturated rings. The lowest BCUT2D eigenvalue weighted by Gasteiger charge is -2.02. The number of nitrogens with zero attached hydrogens (tertiary/aromatic N) is 2. The van der Waals surface area contributed by atoms with Gasteiger partial charge in [0.1, 0.15) is 12.4 Å². The molecule has 1 aromatic heterocycles. The molecule has 18 heavy (non-hydrogen) atoms. The van der Waals surface area contributed by atoms with E-state index >= 15 is 0 Å². The maximum Gasteiger partial charge on any atom is 0.256 e. The minimum Gasteiger partial charge on any atom is -1.00 e. The molecule has 0 amide bonds. The highest BCUT2D eigenvalue weighted by Crippen LogP contribution is 2.05. The Morgan fingerprint density at radius 1 is 1.11 bits per heavy atom. The lowest BCUT2D eigenvalue weighted by atomic mass is 10.1. The summed E-state index contributed by atoms with van der Waals surface area (Å²) in [7, 11) is 2.13. The molecule has 0 radical (unpaired) electrons. The summed E-state index contributed by atoms with van der Waals surface area (Å²) in [6.07, 6.45) is 7.74. The smallest absolute Gasteiger partial charge is 0.256 e. The second kappa shape index (κ2) is 7.37. The molecule has 0 saturated carbocycles. The Bertz CT molecular complexity index is 463. The van der Waals surface area contributed by atoms with Gasteiger partial charge < -0.3 is 17.0 Å². The Labute approximate surface area is 120 Å². The quantitative estimate of drug-likeness (QED) is 0.659. The molecule has 0 bridgehead atoms. The van der Waals surface area contributed by atoms with Crippen LogP contribution in [-0.2, 0) is 26.4 Å². The van der Waals surface area contributed by atoms with Gasteiger partial charge in [-0.1, -0.05) is 37.3 Å². The number of rotatable bonds is 5. The van der Waals surface area contributed by atoms with E-state index in [0.29, 0.717) is 0 Å². The second-order valence-electron chi connectivity index (χ2n) is 4.50. The van der Waals surface area contributed by atoms with E-state index < -0.39 is 0 Å². The molecule has 0 spiro atoms. The molecule has 1 aromatic carbocycles. The van der Waals surface area contributed by atoms with Crippen LogP contribution in [0.4, 0.5) is 0 Å². The van der Waals surface area contributed by atoms with Gasteiger partial charge in [0, 0.05) is 0 Å². The average molecular weight is 309 g/mol. The summed E-state index contributed by atoms with van der Waals surface area (Å²) in [6, 6.07) is 10.7. The van der Waals surface area contributed by atoms with Gasteiger partial charge in [-0.25, -0.2) is 9.13 Å². The molecule has 98 valence electrons. The number of benzene rings is 1. The molecule has 0 aliphatic heterocycles. The highest BCUT2D eigenvalue weighted by molar-refractivity contribution is 5.15. The molecule has 0 N–H and O–H groups in total. The van der Waals surface area contributed by atoms with Crippen LogP contribution in [0.25, 0.3) is 0 Å². The molecular formula is C15H21BrN2. The van der Waals surface area contributed by atoms with Gasteiger partial charge in [0.05, 0.1) is 20.0 Å². The third kappa shape index (κ3) is 3.70. The van der Waals surface area contributed by atoms with Crippen molar-refractivity contribution in [2.45, 2.75) is 32.7 Å². The highest BCUT2D eigenvalue weighted by atomic mass is 79.9. The Morgan fingerprint density at radius 3 is 2.50 bits per heavy atom. The molecule has 0 saturated heterocycles. The third-order valence-corrected chi connectivity index (χ3v) is 3.15. The fourth-order valence-corrected chi connectivity index (χ4v) is 2.22. The monoisotopic (exact) mass is 308 g/mol. The van der Waals surface area contributed by atoms with Crippen LogP contribution >= 0.6 is 0 Å². The SMILES string of the molecule is CCCn1cc[n+](C)c1CCc1ccccc1.[Br-]. The molecule has 1 heterocycles. The number of aryl methyl sites for hydroxylation is 3. The first-order chi connectivity index (χ1) is 8.31. The van der Waals surface area contributed by atoms with E-state index in [0.717, 1.165) is 19.4 Å². The standard InChI is InChI=1S/C15H21N2.BrH/c1-3-11-17-13-12-16(2)15(17)10-9-14-7-5-4-6-8-14;/h4-8,12-13H,3,9-11H2,1-2H3;1H/q+1;/p-1. The van der Waals surface area contributed by atoms with Gasteiger partial charge in [0.25, 0.3) is 5.82 Å². The maximum atomic E-state index is 2.36. The Hall–Kier alpha value is -1.09. The summed E-state index contributed by atoms with van der Waals surface area (Å²) >= 11 is 0. The molecular weight excluding hydrogens is 288 g/mol. The molecule has 2 nitrogen and oxygen atoms in total. The van der Waals surface area contributed by atoms with E-state index in [1.54, 1.807) is 0 Å². The van der Waals surface area contributed by atoms with Crippen LogP contribution in [0.5, 0.6) is 0 Å². The number of imidazole rings is 1. The Balaban J connectivity index is 0.00000162. The van der Waals surface area contributed by atoms with Crippen LogP contribution < -0.4 is 21.5 Å². The number of halogens is 1. The highest BCUT2D eigenvalue weighted by Gasteiger charge is 2.13. The zero-order valence-electron chi connectivity index (χ0n) is 11.1. The van der Waals surface area contributed by atoms with Crippen molar-refractivity contribution in [1.29, 1.82) is 0 Å². The van der Waals surface area contributed by atoms with Gasteiger partial charge >= 0.3 is 0 Å². The largest absolute Gasteiger partial charge is 1.00 e. The zero-order valence-corrected chi connectivity index (χ0v) is 12.7. The predicted octanol–water partition coefficient (Wildman–Crippen LogP) is -0.488. The van der Waals surface area contributed by atoms with Crippen molar-refractivity contribution >= 4 is 0 Å². The van der Waals surface area contributed by atoms with Gasteiger partial charge in [0.15, 0.2) is 0 Å². The van der Waals surface area contributed by atoms with Crippen LogP contribution in [0.3, 0.4) is 0 Å². The van der Waals surface area contributed by atoms with Gasteiger partial charge in [-0.05, 0) is 18.4 Å². The van der Waals surface area contributed by atoms with E-state index in [1.807, 2.05) is 0 Å². The number of aromatic nitrogens is 2. The number of hydrogen-bond donors (Lipinski definition) is 0. The minimum atomic E-state index is 0. The van der Waals surface area contributed by atoms with E-state index in [2.05, 4.69) is 65.8 Å². The first-order valence-electron chi connectivity index (χ1n) is 6.39. The molecule has 0 aliphatic carbocycles. The van der Waals surface area contributed by atoms with Crippen molar-refractivity contribution in [2.24, 2.45) is 7.05 Å².